The van der Waals surface area contributed by atoms with Gasteiger partial charge in [0, 0.05) is 48.4 Å². The molecule has 1 aliphatic heterocycles. The highest BCUT2D eigenvalue weighted by atomic mass is 32.2. The fourth-order valence-electron chi connectivity index (χ4n) is 4.73. The molecule has 6 heteroatoms. The van der Waals surface area contributed by atoms with E-state index in [9.17, 15) is 14.1 Å². The fourth-order valence-corrected chi connectivity index (χ4v) is 5.68. The van der Waals surface area contributed by atoms with Crippen LogP contribution in [0.1, 0.15) is 62.1 Å². The molecule has 2 fully saturated rings. The largest absolute Gasteiger partial charge is 0.598 e. The van der Waals surface area contributed by atoms with E-state index in [1.165, 1.54) is 0 Å². The van der Waals surface area contributed by atoms with Crippen molar-refractivity contribution in [2.45, 2.75) is 52.4 Å². The van der Waals surface area contributed by atoms with Crippen LogP contribution in [0.3, 0.4) is 0 Å². The number of aryl methyl sites for hydroxylation is 1. The van der Waals surface area contributed by atoms with Crippen LogP contribution in [0, 0.1) is 24.2 Å². The lowest BCUT2D eigenvalue weighted by atomic mass is 9.63. The molecule has 1 aromatic carbocycles. The second-order valence-electron chi connectivity index (χ2n) is 8.04. The number of Topliss-reactive ketones (excluding diaryl/α,β-unsaturated/α-hetero) is 2. The molecule has 1 aromatic rings. The molecule has 1 aliphatic carbocycles. The summed E-state index contributed by atoms with van der Waals surface area (Å²) < 4.78 is 19.6. The van der Waals surface area contributed by atoms with Crippen LogP contribution in [0.15, 0.2) is 12.1 Å². The molecule has 3 rings (SSSR count). The summed E-state index contributed by atoms with van der Waals surface area (Å²) in [4.78, 5) is 26.4. The van der Waals surface area contributed by atoms with E-state index >= 15 is 0 Å². The first-order valence-electron chi connectivity index (χ1n) is 10.1. The Kier molecular flexibility index (Phi) is 6.72. The second-order valence-corrected chi connectivity index (χ2v) is 9.78. The molecule has 156 valence electrons. The molecular weight excluding hydrogens is 386 g/mol. The molecule has 5 nitrogen and oxygen atoms in total. The number of piperidine rings is 1. The van der Waals surface area contributed by atoms with E-state index in [1.54, 1.807) is 14.0 Å². The second kappa shape index (κ2) is 8.91. The SMILES string of the molecule is CC#Cc1cc(C)c(C2C(=O)CC3(CCN([S+]([O-])CC)CC3)CC2=O)c(OC)c1. The molecule has 1 spiro atoms. The molecule has 1 saturated carbocycles. The van der Waals surface area contributed by atoms with Crippen molar-refractivity contribution in [2.24, 2.45) is 5.41 Å². The number of nitrogens with zero attached hydrogens (tertiary/aromatic N) is 1. The number of benzene rings is 1. The van der Waals surface area contributed by atoms with Gasteiger partial charge in [0.15, 0.2) is 0 Å². The van der Waals surface area contributed by atoms with Crippen LogP contribution in [0.25, 0.3) is 0 Å². The Hall–Kier alpha value is -1.81. The summed E-state index contributed by atoms with van der Waals surface area (Å²) >= 11 is -0.964. The lowest BCUT2D eigenvalue weighted by molar-refractivity contribution is -0.138. The molecular formula is C23H29NO4S. The highest BCUT2D eigenvalue weighted by molar-refractivity contribution is 7.89. The van der Waals surface area contributed by atoms with Gasteiger partial charge in [0.05, 0.1) is 7.11 Å². The highest BCUT2D eigenvalue weighted by Gasteiger charge is 2.48. The minimum absolute atomic E-state index is 0.0259. The Labute approximate surface area is 176 Å². The van der Waals surface area contributed by atoms with E-state index in [1.807, 2.05) is 30.3 Å². The average Bonchev–Trinajstić information content (AvgIpc) is 2.69. The van der Waals surface area contributed by atoms with E-state index in [-0.39, 0.29) is 17.0 Å². The Morgan fingerprint density at radius 2 is 1.86 bits per heavy atom. The van der Waals surface area contributed by atoms with Gasteiger partial charge in [-0.3, -0.25) is 9.59 Å². The number of carbonyl (C=O) groups is 2. The third-order valence-electron chi connectivity index (χ3n) is 6.19. The molecule has 1 saturated heterocycles. The Morgan fingerprint density at radius 1 is 1.24 bits per heavy atom. The molecule has 29 heavy (non-hydrogen) atoms. The van der Waals surface area contributed by atoms with Gasteiger partial charge in [-0.2, -0.15) is 0 Å². The van der Waals surface area contributed by atoms with Gasteiger partial charge in [0.2, 0.25) is 0 Å². The summed E-state index contributed by atoms with van der Waals surface area (Å²) in [5, 5.41) is 0. The summed E-state index contributed by atoms with van der Waals surface area (Å²) in [7, 11) is 1.56. The van der Waals surface area contributed by atoms with Crippen LogP contribution in [0.2, 0.25) is 0 Å². The zero-order valence-corrected chi connectivity index (χ0v) is 18.5. The first kappa shape index (κ1) is 21.9. The summed E-state index contributed by atoms with van der Waals surface area (Å²) in [6, 6.07) is 3.72. The van der Waals surface area contributed by atoms with E-state index in [0.717, 1.165) is 24.0 Å². The van der Waals surface area contributed by atoms with Gasteiger partial charge in [-0.15, -0.1) is 10.2 Å². The van der Waals surface area contributed by atoms with E-state index in [4.69, 9.17) is 4.74 Å². The van der Waals surface area contributed by atoms with Gasteiger partial charge in [-0.25, -0.2) is 0 Å². The molecule has 1 heterocycles. The number of rotatable bonds is 4. The van der Waals surface area contributed by atoms with Crippen molar-refractivity contribution in [1.82, 2.24) is 4.31 Å². The fraction of sp³-hybridized carbons (Fsp3) is 0.565. The van der Waals surface area contributed by atoms with Gasteiger partial charge in [0.25, 0.3) is 0 Å². The Bertz CT molecular complexity index is 842. The van der Waals surface area contributed by atoms with E-state index in [2.05, 4.69) is 11.8 Å². The van der Waals surface area contributed by atoms with Gasteiger partial charge >= 0.3 is 0 Å². The molecule has 1 atom stereocenters. The number of carbonyl (C=O) groups excluding carboxylic acids is 2. The molecule has 0 aromatic heterocycles. The summed E-state index contributed by atoms with van der Waals surface area (Å²) in [5.41, 5.74) is 2.07. The van der Waals surface area contributed by atoms with Crippen molar-refractivity contribution in [3.8, 4) is 17.6 Å². The monoisotopic (exact) mass is 415 g/mol. The number of ether oxygens (including phenoxy) is 1. The van der Waals surface area contributed by atoms with Crippen molar-refractivity contribution in [3.63, 3.8) is 0 Å². The predicted octanol–water partition coefficient (Wildman–Crippen LogP) is 3.16. The molecule has 2 aliphatic rings. The van der Waals surface area contributed by atoms with Crippen LogP contribution >= 0.6 is 0 Å². The van der Waals surface area contributed by atoms with Crippen molar-refractivity contribution in [3.05, 3.63) is 28.8 Å². The van der Waals surface area contributed by atoms with Crippen molar-refractivity contribution in [1.29, 1.82) is 0 Å². The normalized spacial score (nSPS) is 21.0. The van der Waals surface area contributed by atoms with Gasteiger partial charge in [0.1, 0.15) is 29.0 Å². The maximum Gasteiger partial charge on any atom is 0.148 e. The smallest absolute Gasteiger partial charge is 0.148 e. The van der Waals surface area contributed by atoms with Crippen LogP contribution in [-0.2, 0) is 21.0 Å². The summed E-state index contributed by atoms with van der Waals surface area (Å²) in [6.07, 6.45) is 2.28. The number of hydrogen-bond acceptors (Lipinski definition) is 5. The molecule has 1 unspecified atom stereocenters. The molecule has 0 N–H and O–H groups in total. The summed E-state index contributed by atoms with van der Waals surface area (Å²) in [5.74, 6) is 6.22. The topological polar surface area (TPSA) is 69.7 Å². The lowest BCUT2D eigenvalue weighted by Crippen LogP contribution is -2.48. The molecule has 0 amide bonds. The predicted molar refractivity (Wildman–Crippen MR) is 114 cm³/mol. The van der Waals surface area contributed by atoms with Crippen LogP contribution in [-0.4, -0.2) is 46.4 Å². The average molecular weight is 416 g/mol. The quantitative estimate of drug-likeness (QED) is 0.429. The first-order valence-corrected chi connectivity index (χ1v) is 11.4. The number of methoxy groups -OCH3 is 1. The van der Waals surface area contributed by atoms with Gasteiger partial charge in [-0.1, -0.05) is 5.92 Å². The van der Waals surface area contributed by atoms with Crippen LogP contribution < -0.4 is 4.74 Å². The minimum atomic E-state index is -0.964. The Balaban J connectivity index is 1.84. The van der Waals surface area contributed by atoms with Crippen molar-refractivity contribution in [2.75, 3.05) is 26.0 Å². The van der Waals surface area contributed by atoms with Gasteiger partial charge in [-0.05, 0) is 56.7 Å². The maximum absolute atomic E-state index is 13.2. The number of ketones is 2. The van der Waals surface area contributed by atoms with Gasteiger partial charge < -0.3 is 9.29 Å². The molecule has 0 bridgehead atoms. The zero-order valence-electron chi connectivity index (χ0n) is 17.7. The third-order valence-corrected chi connectivity index (χ3v) is 7.62. The number of hydrogen-bond donors (Lipinski definition) is 0. The van der Waals surface area contributed by atoms with E-state index in [0.29, 0.717) is 43.0 Å². The maximum atomic E-state index is 13.2. The Morgan fingerprint density at radius 3 is 2.38 bits per heavy atom. The highest BCUT2D eigenvalue weighted by Crippen LogP contribution is 2.47. The standard InChI is InChI=1S/C23H29NO4S/c1-5-7-17-12-16(3)21(20(13-17)28-4)22-18(25)14-23(15-19(22)26)8-10-24(11-9-23)29(27)6-2/h12-13,22H,6,8-11,14-15H2,1-4H3. The van der Waals surface area contributed by atoms with Crippen LogP contribution in [0.4, 0.5) is 0 Å². The zero-order chi connectivity index (χ0) is 21.2. The van der Waals surface area contributed by atoms with E-state index < -0.39 is 17.3 Å². The first-order chi connectivity index (χ1) is 13.8. The van der Waals surface area contributed by atoms with Crippen molar-refractivity contribution < 1.29 is 18.9 Å². The van der Waals surface area contributed by atoms with Crippen LogP contribution in [0.5, 0.6) is 5.75 Å². The summed E-state index contributed by atoms with van der Waals surface area (Å²) in [6.45, 7) is 6.94. The molecule has 0 radical (unpaired) electrons. The lowest BCUT2D eigenvalue weighted by Gasteiger charge is -2.44. The third kappa shape index (κ3) is 4.37. The minimum Gasteiger partial charge on any atom is -0.598 e. The van der Waals surface area contributed by atoms with Crippen molar-refractivity contribution >= 4 is 22.9 Å².